The van der Waals surface area contributed by atoms with Crippen LogP contribution in [0, 0.1) is 23.7 Å². The summed E-state index contributed by atoms with van der Waals surface area (Å²) < 4.78 is 5.07. The van der Waals surface area contributed by atoms with Crippen LogP contribution in [-0.2, 0) is 14.3 Å². The number of para-hydroxylation sites is 1. The van der Waals surface area contributed by atoms with Crippen LogP contribution in [0.1, 0.15) is 30.1 Å². The monoisotopic (exact) mass is 325 g/mol. The molecule has 1 saturated heterocycles. The predicted molar refractivity (Wildman–Crippen MR) is 87.2 cm³/mol. The van der Waals surface area contributed by atoms with Gasteiger partial charge in [0.05, 0.1) is 29.7 Å². The molecule has 124 valence electrons. The van der Waals surface area contributed by atoms with E-state index in [0.29, 0.717) is 5.69 Å². The summed E-state index contributed by atoms with van der Waals surface area (Å²) in [5.74, 6) is -1.16. The van der Waals surface area contributed by atoms with Gasteiger partial charge in [-0.2, -0.15) is 0 Å². The fourth-order valence-electron chi connectivity index (χ4n) is 4.36. The third kappa shape index (κ3) is 2.04. The molecule has 5 rings (SSSR count). The number of allylic oxidation sites excluding steroid dienone is 2. The molecule has 0 unspecified atom stereocenters. The van der Waals surface area contributed by atoms with Crippen molar-refractivity contribution in [3.05, 3.63) is 42.0 Å². The molecule has 4 atom stereocenters. The van der Waals surface area contributed by atoms with E-state index in [9.17, 15) is 14.4 Å². The maximum Gasteiger partial charge on any atom is 0.340 e. The van der Waals surface area contributed by atoms with Crippen molar-refractivity contribution in [2.45, 2.75) is 19.8 Å². The van der Waals surface area contributed by atoms with Gasteiger partial charge in [0.15, 0.2) is 0 Å². The highest BCUT2D eigenvalue weighted by atomic mass is 16.5. The quantitative estimate of drug-likeness (QED) is 0.487. The number of ether oxygens (including phenoxy) is 1. The number of anilines is 1. The number of amides is 2. The van der Waals surface area contributed by atoms with Crippen LogP contribution in [0.4, 0.5) is 5.69 Å². The van der Waals surface area contributed by atoms with E-state index in [0.717, 1.165) is 12.8 Å². The normalized spacial score (nSPS) is 30.6. The van der Waals surface area contributed by atoms with Gasteiger partial charge in [0.25, 0.3) is 0 Å². The first-order valence-corrected chi connectivity index (χ1v) is 8.45. The highest BCUT2D eigenvalue weighted by Crippen LogP contribution is 2.50. The van der Waals surface area contributed by atoms with Crippen molar-refractivity contribution in [2.24, 2.45) is 23.7 Å². The van der Waals surface area contributed by atoms with Gasteiger partial charge >= 0.3 is 5.97 Å². The zero-order valence-electron chi connectivity index (χ0n) is 13.5. The number of imide groups is 1. The molecule has 2 fully saturated rings. The highest BCUT2D eigenvalue weighted by molar-refractivity contribution is 6.24. The molecule has 0 N–H and O–H groups in total. The van der Waals surface area contributed by atoms with Crippen LogP contribution in [0.5, 0.6) is 0 Å². The van der Waals surface area contributed by atoms with E-state index in [1.54, 1.807) is 31.2 Å². The SMILES string of the molecule is CCOC(=O)c1ccccc1N1C(=O)[C@H]2[C@H](C1=O)[C@@H]1C=C[C@@H]2CC1. The largest absolute Gasteiger partial charge is 0.462 e. The van der Waals surface area contributed by atoms with Crippen LogP contribution in [0.15, 0.2) is 36.4 Å². The zero-order chi connectivity index (χ0) is 16.8. The molecular weight excluding hydrogens is 306 g/mol. The summed E-state index contributed by atoms with van der Waals surface area (Å²) in [6.07, 6.45) is 6.08. The number of nitrogens with zero attached hydrogens (tertiary/aromatic N) is 1. The highest BCUT2D eigenvalue weighted by Gasteiger charge is 2.57. The lowest BCUT2D eigenvalue weighted by Crippen LogP contribution is -2.38. The van der Waals surface area contributed by atoms with Gasteiger partial charge in [0.2, 0.25) is 11.8 Å². The maximum atomic E-state index is 13.0. The van der Waals surface area contributed by atoms with Gasteiger partial charge in [-0.25, -0.2) is 9.69 Å². The number of benzene rings is 1. The Balaban J connectivity index is 1.75. The average molecular weight is 325 g/mol. The fourth-order valence-corrected chi connectivity index (χ4v) is 4.36. The van der Waals surface area contributed by atoms with Crippen molar-refractivity contribution >= 4 is 23.5 Å². The van der Waals surface area contributed by atoms with Gasteiger partial charge in [0, 0.05) is 0 Å². The predicted octanol–water partition coefficient (Wildman–Crippen LogP) is 2.56. The topological polar surface area (TPSA) is 63.7 Å². The molecule has 2 bridgehead atoms. The van der Waals surface area contributed by atoms with E-state index >= 15 is 0 Å². The molecule has 3 aliphatic carbocycles. The summed E-state index contributed by atoms with van der Waals surface area (Å²) in [5.41, 5.74) is 0.611. The Morgan fingerprint density at radius 3 is 2.21 bits per heavy atom. The smallest absolute Gasteiger partial charge is 0.340 e. The van der Waals surface area contributed by atoms with Gasteiger partial charge in [-0.15, -0.1) is 0 Å². The maximum absolute atomic E-state index is 13.0. The lowest BCUT2D eigenvalue weighted by Gasteiger charge is -2.38. The van der Waals surface area contributed by atoms with Gasteiger partial charge in [-0.1, -0.05) is 24.3 Å². The van der Waals surface area contributed by atoms with Crippen molar-refractivity contribution in [3.8, 4) is 0 Å². The number of hydrogen-bond donors (Lipinski definition) is 0. The van der Waals surface area contributed by atoms with E-state index in [1.807, 2.05) is 0 Å². The molecule has 1 aromatic carbocycles. The van der Waals surface area contributed by atoms with Crippen LogP contribution in [-0.4, -0.2) is 24.4 Å². The van der Waals surface area contributed by atoms with E-state index < -0.39 is 5.97 Å². The van der Waals surface area contributed by atoms with Gasteiger partial charge in [-0.3, -0.25) is 9.59 Å². The molecule has 0 aromatic heterocycles. The third-order valence-electron chi connectivity index (χ3n) is 5.40. The average Bonchev–Trinajstić information content (AvgIpc) is 2.89. The summed E-state index contributed by atoms with van der Waals surface area (Å²) in [4.78, 5) is 39.4. The van der Waals surface area contributed by atoms with Gasteiger partial charge in [-0.05, 0) is 43.7 Å². The minimum Gasteiger partial charge on any atom is -0.462 e. The standard InChI is InChI=1S/C19H19NO4/c1-2-24-19(23)13-5-3-4-6-14(13)20-17(21)15-11-7-8-12(10-9-11)16(15)18(20)22/h3-8,11-12,15-16H,2,9-10H2,1H3/t11-,12-,15-,16-/m1/s1. The van der Waals surface area contributed by atoms with E-state index in [1.165, 1.54) is 4.90 Å². The van der Waals surface area contributed by atoms with Gasteiger partial charge in [0.1, 0.15) is 0 Å². The number of carbonyl (C=O) groups excluding carboxylic acids is 3. The van der Waals surface area contributed by atoms with Crippen molar-refractivity contribution in [2.75, 3.05) is 11.5 Å². The second-order valence-electron chi connectivity index (χ2n) is 6.59. The molecule has 1 saturated carbocycles. The Labute approximate surface area is 140 Å². The van der Waals surface area contributed by atoms with Crippen LogP contribution in [0.3, 0.4) is 0 Å². The number of carbonyl (C=O) groups is 3. The minimum atomic E-state index is -0.510. The van der Waals surface area contributed by atoms with Crippen molar-refractivity contribution in [3.63, 3.8) is 0 Å². The Morgan fingerprint density at radius 2 is 1.67 bits per heavy atom. The van der Waals surface area contributed by atoms with E-state index in [4.69, 9.17) is 4.74 Å². The van der Waals surface area contributed by atoms with Gasteiger partial charge < -0.3 is 4.74 Å². The number of esters is 1. The second kappa shape index (κ2) is 5.58. The number of fused-ring (bicyclic) bond motifs is 1. The summed E-state index contributed by atoms with van der Waals surface area (Å²) in [5, 5.41) is 0. The second-order valence-corrected chi connectivity index (χ2v) is 6.59. The minimum absolute atomic E-state index is 0.135. The first kappa shape index (κ1) is 15.1. The zero-order valence-corrected chi connectivity index (χ0v) is 13.5. The molecule has 0 spiro atoms. The van der Waals surface area contributed by atoms with Crippen molar-refractivity contribution in [1.82, 2.24) is 0 Å². The van der Waals surface area contributed by atoms with Crippen LogP contribution < -0.4 is 4.90 Å². The van der Waals surface area contributed by atoms with E-state index in [2.05, 4.69) is 12.2 Å². The molecule has 1 aliphatic heterocycles. The first-order valence-electron chi connectivity index (χ1n) is 8.45. The Bertz CT molecular complexity index is 721. The molecule has 1 heterocycles. The van der Waals surface area contributed by atoms with Crippen molar-refractivity contribution in [1.29, 1.82) is 0 Å². The Kier molecular flexibility index (Phi) is 3.52. The molecule has 0 radical (unpaired) electrons. The van der Waals surface area contributed by atoms with Crippen LogP contribution >= 0.6 is 0 Å². The Morgan fingerprint density at radius 1 is 1.08 bits per heavy atom. The van der Waals surface area contributed by atoms with E-state index in [-0.39, 0.29) is 47.7 Å². The lowest BCUT2D eigenvalue weighted by molar-refractivity contribution is -0.124. The number of rotatable bonds is 3. The Hall–Kier alpha value is -2.43. The molecule has 1 aromatic rings. The molecule has 4 aliphatic rings. The summed E-state index contributed by atoms with van der Waals surface area (Å²) in [6, 6.07) is 6.68. The molecule has 5 nitrogen and oxygen atoms in total. The first-order chi connectivity index (χ1) is 11.6. The molecule has 5 heteroatoms. The summed E-state index contributed by atoms with van der Waals surface area (Å²) in [6.45, 7) is 1.97. The van der Waals surface area contributed by atoms with Crippen molar-refractivity contribution < 1.29 is 19.1 Å². The molecule has 24 heavy (non-hydrogen) atoms. The lowest BCUT2D eigenvalue weighted by atomic mass is 9.63. The van der Waals surface area contributed by atoms with Crippen LogP contribution in [0.25, 0.3) is 0 Å². The number of hydrogen-bond acceptors (Lipinski definition) is 4. The summed E-state index contributed by atoms with van der Waals surface area (Å²) in [7, 11) is 0. The summed E-state index contributed by atoms with van der Waals surface area (Å²) >= 11 is 0. The molecular formula is C19H19NO4. The molecule has 2 amide bonds. The fraction of sp³-hybridized carbons (Fsp3) is 0.421. The van der Waals surface area contributed by atoms with Crippen LogP contribution in [0.2, 0.25) is 0 Å². The third-order valence-corrected chi connectivity index (χ3v) is 5.40.